The summed E-state index contributed by atoms with van der Waals surface area (Å²) in [5.41, 5.74) is 11.3. The molecule has 0 saturated heterocycles. The van der Waals surface area contributed by atoms with Gasteiger partial charge in [-0.1, -0.05) is 18.2 Å². The number of nitrogens with one attached hydrogen (secondary N) is 1. The summed E-state index contributed by atoms with van der Waals surface area (Å²) in [5.74, 6) is -0.446. The Morgan fingerprint density at radius 2 is 2.00 bits per heavy atom. The highest BCUT2D eigenvalue weighted by atomic mass is 19.1. The number of allylic oxidation sites excluding steroid dienone is 1. The molecule has 1 atom stereocenters. The molecule has 0 bridgehead atoms. The molecule has 2 heterocycles. The van der Waals surface area contributed by atoms with Crippen LogP contribution in [0.4, 0.5) is 20.3 Å². The van der Waals surface area contributed by atoms with Gasteiger partial charge in [-0.3, -0.25) is 4.79 Å². The van der Waals surface area contributed by atoms with Gasteiger partial charge >= 0.3 is 0 Å². The van der Waals surface area contributed by atoms with E-state index < -0.39 is 19.4 Å². The molecule has 29 heavy (non-hydrogen) atoms. The third-order valence-corrected chi connectivity index (χ3v) is 3.35. The summed E-state index contributed by atoms with van der Waals surface area (Å²) in [6.45, 7) is 0.148. The van der Waals surface area contributed by atoms with Gasteiger partial charge in [-0.05, 0) is 25.1 Å². The normalized spacial score (nSPS) is 15.1. The number of nitrogens with two attached hydrogens (primary N) is 2. The fraction of sp³-hybridized carbons (Fsp3) is 0.222. The van der Waals surface area contributed by atoms with Crippen LogP contribution < -0.4 is 21.5 Å². The lowest BCUT2D eigenvalue weighted by molar-refractivity contribution is 0.102. The Labute approximate surface area is 165 Å². The van der Waals surface area contributed by atoms with Gasteiger partial charge in [0.15, 0.2) is 11.5 Å². The summed E-state index contributed by atoms with van der Waals surface area (Å²) in [5, 5.41) is 2.61. The van der Waals surface area contributed by atoms with Gasteiger partial charge in [0.2, 0.25) is 12.7 Å². The van der Waals surface area contributed by atoms with Crippen molar-refractivity contribution in [2.24, 2.45) is 10.7 Å². The highest BCUT2D eigenvalue weighted by Gasteiger charge is 2.14. The first kappa shape index (κ1) is 21.5. The number of halogens is 2. The summed E-state index contributed by atoms with van der Waals surface area (Å²) in [6.07, 6.45) is 2.73. The van der Waals surface area contributed by atoms with Crippen LogP contribution in [0.1, 0.15) is 17.4 Å². The van der Waals surface area contributed by atoms with Gasteiger partial charge in [0, 0.05) is 5.69 Å². The molecule has 3 rings (SSSR count). The van der Waals surface area contributed by atoms with Gasteiger partial charge in [-0.15, -0.1) is 0 Å². The number of carbonyl (C=O) groups is 1. The average Bonchev–Trinajstić information content (AvgIpc) is 2.69. The van der Waals surface area contributed by atoms with E-state index >= 15 is 0 Å². The molecule has 1 aliphatic rings. The Morgan fingerprint density at radius 1 is 1.28 bits per heavy atom. The first-order chi connectivity index (χ1) is 13.9. The number of rotatable bonds is 5. The van der Waals surface area contributed by atoms with E-state index in [1.807, 2.05) is 13.0 Å². The number of ether oxygens (including phenoxy) is 2. The Bertz CT molecular complexity index is 892. The van der Waals surface area contributed by atoms with E-state index in [0.29, 0.717) is 5.69 Å². The predicted octanol–water partition coefficient (Wildman–Crippen LogP) is 2.19. The maximum absolute atomic E-state index is 11.9. The Kier molecular flexibility index (Phi) is 7.83. The summed E-state index contributed by atoms with van der Waals surface area (Å²) in [4.78, 5) is 23.2. The van der Waals surface area contributed by atoms with Crippen molar-refractivity contribution in [2.75, 3.05) is 24.6 Å². The highest BCUT2D eigenvalue weighted by molar-refractivity contribution is 6.05. The van der Waals surface area contributed by atoms with Gasteiger partial charge in [0.25, 0.3) is 11.9 Å². The predicted molar refractivity (Wildman–Crippen MR) is 104 cm³/mol. The fourth-order valence-electron chi connectivity index (χ4n) is 2.17. The van der Waals surface area contributed by atoms with E-state index in [1.165, 1.54) is 0 Å². The fourth-order valence-corrected chi connectivity index (χ4v) is 2.17. The van der Waals surface area contributed by atoms with Crippen molar-refractivity contribution in [3.05, 3.63) is 54.1 Å². The topological polar surface area (TPSA) is 138 Å². The molecular weight excluding hydrogens is 386 g/mol. The number of hydrogen-bond donors (Lipinski definition) is 3. The van der Waals surface area contributed by atoms with Crippen molar-refractivity contribution in [1.29, 1.82) is 0 Å². The van der Waals surface area contributed by atoms with Crippen molar-refractivity contribution < 1.29 is 23.0 Å². The van der Waals surface area contributed by atoms with Crippen molar-refractivity contribution in [3.8, 4) is 5.88 Å². The van der Waals surface area contributed by atoms with Crippen LogP contribution in [0.5, 0.6) is 5.88 Å². The SMILES string of the molecule is CC1C=C(CF)OC(N)=N1.Nc1nc(OCF)cnc1C(=O)Nc1ccccc1. The van der Waals surface area contributed by atoms with Crippen LogP contribution in [0, 0.1) is 0 Å². The van der Waals surface area contributed by atoms with Crippen LogP contribution >= 0.6 is 0 Å². The Hall–Kier alpha value is -3.76. The smallest absolute Gasteiger partial charge is 0.287 e. The van der Waals surface area contributed by atoms with E-state index in [4.69, 9.17) is 16.2 Å². The number of anilines is 2. The van der Waals surface area contributed by atoms with Crippen LogP contribution in [-0.2, 0) is 4.74 Å². The zero-order valence-corrected chi connectivity index (χ0v) is 15.5. The second-order valence-corrected chi connectivity index (χ2v) is 5.59. The molecule has 5 N–H and O–H groups in total. The first-order valence-electron chi connectivity index (χ1n) is 8.38. The van der Waals surface area contributed by atoms with E-state index in [1.54, 1.807) is 30.3 Å². The number of nitrogens with zero attached hydrogens (tertiary/aromatic N) is 3. The van der Waals surface area contributed by atoms with Crippen molar-refractivity contribution in [2.45, 2.75) is 13.0 Å². The number of para-hydroxylation sites is 1. The lowest BCUT2D eigenvalue weighted by Crippen LogP contribution is -2.23. The van der Waals surface area contributed by atoms with E-state index in [0.717, 1.165) is 6.20 Å². The summed E-state index contributed by atoms with van der Waals surface area (Å²) >= 11 is 0. The van der Waals surface area contributed by atoms with Gasteiger partial charge < -0.3 is 26.3 Å². The third kappa shape index (κ3) is 6.72. The zero-order valence-electron chi connectivity index (χ0n) is 15.5. The molecule has 1 unspecified atom stereocenters. The molecule has 1 aromatic carbocycles. The summed E-state index contributed by atoms with van der Waals surface area (Å²) in [6, 6.07) is 8.81. The van der Waals surface area contributed by atoms with Crippen LogP contribution in [0.3, 0.4) is 0 Å². The van der Waals surface area contributed by atoms with Gasteiger partial charge in [0.05, 0.1) is 12.2 Å². The molecular formula is C18H20F2N6O3. The van der Waals surface area contributed by atoms with Crippen LogP contribution in [0.25, 0.3) is 0 Å². The number of benzene rings is 1. The molecule has 0 radical (unpaired) electrons. The minimum Gasteiger partial charge on any atom is -0.445 e. The largest absolute Gasteiger partial charge is 0.445 e. The second kappa shape index (κ2) is 10.5. The summed E-state index contributed by atoms with van der Waals surface area (Å²) in [7, 11) is 0. The second-order valence-electron chi connectivity index (χ2n) is 5.59. The molecule has 9 nitrogen and oxygen atoms in total. The molecule has 154 valence electrons. The molecule has 1 amide bonds. The van der Waals surface area contributed by atoms with Crippen LogP contribution in [-0.4, -0.2) is 41.5 Å². The monoisotopic (exact) mass is 406 g/mol. The lowest BCUT2D eigenvalue weighted by Gasteiger charge is -2.13. The zero-order chi connectivity index (χ0) is 21.2. The molecule has 2 aromatic rings. The van der Waals surface area contributed by atoms with Crippen molar-refractivity contribution >= 4 is 23.4 Å². The van der Waals surface area contributed by atoms with Crippen molar-refractivity contribution in [3.63, 3.8) is 0 Å². The lowest BCUT2D eigenvalue weighted by atomic mass is 10.3. The van der Waals surface area contributed by atoms with E-state index in [9.17, 15) is 13.6 Å². The molecule has 1 aliphatic heterocycles. The standard InChI is InChI=1S/C12H11FN4O2.C6H9FN2O/c13-7-19-9-6-15-10(11(14)17-9)12(18)16-8-4-2-1-3-5-8;1-4-2-5(3-7)10-6(8)9-4/h1-6H,7H2,(H2,14,17)(H,16,18);2,4H,3H2,1H3,(H2,8,9). The Morgan fingerprint density at radius 3 is 2.59 bits per heavy atom. The molecule has 11 heteroatoms. The number of nitrogen functional groups attached to an aromatic ring is 1. The van der Waals surface area contributed by atoms with E-state index in [-0.39, 0.29) is 35.2 Å². The molecule has 0 aliphatic carbocycles. The number of alkyl halides is 2. The maximum atomic E-state index is 11.9. The number of amides is 1. The van der Waals surface area contributed by atoms with Gasteiger partial charge in [0.1, 0.15) is 12.4 Å². The van der Waals surface area contributed by atoms with Crippen LogP contribution in [0.15, 0.2) is 53.4 Å². The molecule has 0 fully saturated rings. The van der Waals surface area contributed by atoms with Crippen LogP contribution in [0.2, 0.25) is 0 Å². The number of aliphatic imine (C=N–C) groups is 1. The molecule has 1 aromatic heterocycles. The minimum absolute atomic E-state index is 0.0441. The summed E-state index contributed by atoms with van der Waals surface area (Å²) < 4.78 is 33.1. The number of hydrogen-bond acceptors (Lipinski definition) is 8. The highest BCUT2D eigenvalue weighted by Crippen LogP contribution is 2.14. The van der Waals surface area contributed by atoms with Gasteiger partial charge in [-0.25, -0.2) is 18.8 Å². The van der Waals surface area contributed by atoms with Crippen molar-refractivity contribution in [1.82, 2.24) is 9.97 Å². The maximum Gasteiger partial charge on any atom is 0.287 e. The van der Waals surface area contributed by atoms with Gasteiger partial charge in [-0.2, -0.15) is 4.98 Å². The first-order valence-corrected chi connectivity index (χ1v) is 8.38. The van der Waals surface area contributed by atoms with E-state index in [2.05, 4.69) is 25.0 Å². The number of amidine groups is 1. The minimum atomic E-state index is -1.04. The number of aromatic nitrogens is 2. The molecule has 0 spiro atoms. The molecule has 0 saturated carbocycles. The third-order valence-electron chi connectivity index (χ3n) is 3.35. The Balaban J connectivity index is 0.000000253. The average molecular weight is 406 g/mol. The number of carbonyl (C=O) groups excluding carboxylic acids is 1. The quantitative estimate of drug-likeness (QED) is 0.692.